The van der Waals surface area contributed by atoms with Gasteiger partial charge >= 0.3 is 0 Å². The number of likely N-dealkylation sites (tertiary alicyclic amines) is 1. The van der Waals surface area contributed by atoms with Crippen LogP contribution < -0.4 is 5.32 Å². The Morgan fingerprint density at radius 3 is 2.63 bits per heavy atom. The summed E-state index contributed by atoms with van der Waals surface area (Å²) >= 11 is 0. The normalized spacial score (nSPS) is 15.7. The van der Waals surface area contributed by atoms with Crippen LogP contribution in [0.25, 0.3) is 0 Å². The van der Waals surface area contributed by atoms with Crippen LogP contribution in [0.2, 0.25) is 0 Å². The molecule has 1 N–H and O–H groups in total. The Morgan fingerprint density at radius 1 is 1.11 bits per heavy atom. The van der Waals surface area contributed by atoms with Gasteiger partial charge in [0.2, 0.25) is 5.91 Å². The number of nitrogens with zero attached hydrogens (tertiary/aromatic N) is 1. The molecule has 1 amide bonds. The van der Waals surface area contributed by atoms with Crippen LogP contribution in [-0.4, -0.2) is 63.9 Å². The predicted molar refractivity (Wildman–Crippen MR) is 75.2 cm³/mol. The van der Waals surface area contributed by atoms with Crippen molar-refractivity contribution in [1.82, 2.24) is 10.2 Å². The van der Waals surface area contributed by atoms with Crippen molar-refractivity contribution in [2.24, 2.45) is 0 Å². The zero-order chi connectivity index (χ0) is 13.8. The van der Waals surface area contributed by atoms with Crippen LogP contribution in [0.15, 0.2) is 0 Å². The van der Waals surface area contributed by atoms with Crippen molar-refractivity contribution in [2.75, 3.05) is 53.1 Å². The molecule has 0 saturated carbocycles. The Morgan fingerprint density at radius 2 is 1.89 bits per heavy atom. The third kappa shape index (κ3) is 8.18. The lowest BCUT2D eigenvalue weighted by molar-refractivity contribution is -0.131. The molecule has 0 radical (unpaired) electrons. The van der Waals surface area contributed by atoms with Gasteiger partial charge in [-0.2, -0.15) is 0 Å². The molecule has 1 aliphatic heterocycles. The molecule has 0 atom stereocenters. The minimum Gasteiger partial charge on any atom is -0.385 e. The van der Waals surface area contributed by atoms with Crippen LogP contribution in [0.4, 0.5) is 0 Å². The van der Waals surface area contributed by atoms with Crippen LogP contribution in [-0.2, 0) is 14.3 Å². The fourth-order valence-corrected chi connectivity index (χ4v) is 2.17. The van der Waals surface area contributed by atoms with Gasteiger partial charge in [-0.15, -0.1) is 0 Å². The van der Waals surface area contributed by atoms with E-state index >= 15 is 0 Å². The van der Waals surface area contributed by atoms with Crippen molar-refractivity contribution in [3.05, 3.63) is 0 Å². The zero-order valence-electron chi connectivity index (χ0n) is 12.2. The maximum Gasteiger partial charge on any atom is 0.223 e. The topological polar surface area (TPSA) is 50.8 Å². The molecule has 0 aromatic carbocycles. The Balaban J connectivity index is 1.86. The van der Waals surface area contributed by atoms with Crippen LogP contribution >= 0.6 is 0 Å². The summed E-state index contributed by atoms with van der Waals surface area (Å²) in [6.07, 6.45) is 5.12. The second-order valence-electron chi connectivity index (χ2n) is 4.90. The van der Waals surface area contributed by atoms with E-state index < -0.39 is 0 Å². The molecule has 0 unspecified atom stereocenters. The maximum absolute atomic E-state index is 11.8. The standard InChI is InChI=1S/C14H28N2O3/c1-18-11-5-12-19-13-8-15-7-6-14(17)16-9-3-2-4-10-16/h15H,2-13H2,1H3. The summed E-state index contributed by atoms with van der Waals surface area (Å²) in [5.74, 6) is 0.285. The molecule has 0 spiro atoms. The van der Waals surface area contributed by atoms with Crippen LogP contribution in [0.5, 0.6) is 0 Å². The number of carbonyl (C=O) groups is 1. The van der Waals surface area contributed by atoms with E-state index in [2.05, 4.69) is 5.32 Å². The summed E-state index contributed by atoms with van der Waals surface area (Å²) in [6, 6.07) is 0. The third-order valence-electron chi connectivity index (χ3n) is 3.28. The van der Waals surface area contributed by atoms with E-state index in [-0.39, 0.29) is 5.91 Å². The molecule has 0 aliphatic carbocycles. The van der Waals surface area contributed by atoms with Crippen LogP contribution in [0.1, 0.15) is 32.1 Å². The maximum atomic E-state index is 11.8. The minimum atomic E-state index is 0.285. The second kappa shape index (κ2) is 11.2. The van der Waals surface area contributed by atoms with Gasteiger partial charge in [-0.3, -0.25) is 4.79 Å². The first-order chi connectivity index (χ1) is 9.34. The first-order valence-corrected chi connectivity index (χ1v) is 7.40. The SMILES string of the molecule is COCCCOCCNCCC(=O)N1CCCCC1. The van der Waals surface area contributed by atoms with Crippen molar-refractivity contribution in [3.63, 3.8) is 0 Å². The summed E-state index contributed by atoms with van der Waals surface area (Å²) in [5.41, 5.74) is 0. The van der Waals surface area contributed by atoms with E-state index in [0.717, 1.165) is 58.7 Å². The average Bonchev–Trinajstić information content (AvgIpc) is 2.46. The number of methoxy groups -OCH3 is 1. The molecule has 0 bridgehead atoms. The number of piperidine rings is 1. The van der Waals surface area contributed by atoms with E-state index in [4.69, 9.17) is 9.47 Å². The molecule has 1 heterocycles. The van der Waals surface area contributed by atoms with Gasteiger partial charge in [-0.05, 0) is 25.7 Å². The van der Waals surface area contributed by atoms with Gasteiger partial charge in [0, 0.05) is 52.9 Å². The smallest absolute Gasteiger partial charge is 0.223 e. The molecule has 1 saturated heterocycles. The molecule has 0 aromatic heterocycles. The van der Waals surface area contributed by atoms with Gasteiger partial charge < -0.3 is 19.7 Å². The van der Waals surface area contributed by atoms with Gasteiger partial charge in [-0.1, -0.05) is 0 Å². The lowest BCUT2D eigenvalue weighted by Gasteiger charge is -2.26. The fourth-order valence-electron chi connectivity index (χ4n) is 2.17. The lowest BCUT2D eigenvalue weighted by atomic mass is 10.1. The van der Waals surface area contributed by atoms with E-state index in [1.807, 2.05) is 4.90 Å². The zero-order valence-corrected chi connectivity index (χ0v) is 12.2. The quantitative estimate of drug-likeness (QED) is 0.604. The van der Waals surface area contributed by atoms with E-state index in [1.54, 1.807) is 7.11 Å². The minimum absolute atomic E-state index is 0.285. The summed E-state index contributed by atoms with van der Waals surface area (Å²) in [4.78, 5) is 13.8. The predicted octanol–water partition coefficient (Wildman–Crippen LogP) is 1.03. The van der Waals surface area contributed by atoms with E-state index in [1.165, 1.54) is 6.42 Å². The van der Waals surface area contributed by atoms with E-state index in [0.29, 0.717) is 13.0 Å². The Hall–Kier alpha value is -0.650. The highest BCUT2D eigenvalue weighted by Crippen LogP contribution is 2.09. The third-order valence-corrected chi connectivity index (χ3v) is 3.28. The van der Waals surface area contributed by atoms with E-state index in [9.17, 15) is 4.79 Å². The second-order valence-corrected chi connectivity index (χ2v) is 4.90. The number of ether oxygens (including phenoxy) is 2. The van der Waals surface area contributed by atoms with Crippen molar-refractivity contribution < 1.29 is 14.3 Å². The Bertz CT molecular complexity index is 231. The highest BCUT2D eigenvalue weighted by Gasteiger charge is 2.15. The monoisotopic (exact) mass is 272 g/mol. The molecule has 19 heavy (non-hydrogen) atoms. The highest BCUT2D eigenvalue weighted by molar-refractivity contribution is 5.76. The number of hydrogen-bond acceptors (Lipinski definition) is 4. The number of carbonyl (C=O) groups excluding carboxylic acids is 1. The van der Waals surface area contributed by atoms with Gasteiger partial charge in [0.1, 0.15) is 0 Å². The lowest BCUT2D eigenvalue weighted by Crippen LogP contribution is -2.37. The Labute approximate surface area is 116 Å². The molecular formula is C14H28N2O3. The number of rotatable bonds is 10. The summed E-state index contributed by atoms with van der Waals surface area (Å²) in [5, 5.41) is 3.24. The summed E-state index contributed by atoms with van der Waals surface area (Å²) in [7, 11) is 1.70. The van der Waals surface area contributed by atoms with Crippen molar-refractivity contribution in [2.45, 2.75) is 32.1 Å². The van der Waals surface area contributed by atoms with Gasteiger partial charge in [0.25, 0.3) is 0 Å². The number of amides is 1. The molecule has 1 fully saturated rings. The molecule has 1 aliphatic rings. The van der Waals surface area contributed by atoms with Crippen LogP contribution in [0, 0.1) is 0 Å². The summed E-state index contributed by atoms with van der Waals surface area (Å²) in [6.45, 7) is 5.63. The average molecular weight is 272 g/mol. The van der Waals surface area contributed by atoms with Crippen molar-refractivity contribution in [1.29, 1.82) is 0 Å². The first-order valence-electron chi connectivity index (χ1n) is 7.40. The van der Waals surface area contributed by atoms with Crippen molar-refractivity contribution >= 4 is 5.91 Å². The Kier molecular flexibility index (Phi) is 9.67. The number of nitrogens with one attached hydrogen (secondary N) is 1. The highest BCUT2D eigenvalue weighted by atomic mass is 16.5. The summed E-state index contributed by atoms with van der Waals surface area (Å²) < 4.78 is 10.4. The van der Waals surface area contributed by atoms with Gasteiger partial charge in [0.15, 0.2) is 0 Å². The number of hydrogen-bond donors (Lipinski definition) is 1. The fraction of sp³-hybridized carbons (Fsp3) is 0.929. The van der Waals surface area contributed by atoms with Gasteiger partial charge in [0.05, 0.1) is 6.61 Å². The molecular weight excluding hydrogens is 244 g/mol. The first kappa shape index (κ1) is 16.4. The molecule has 5 nitrogen and oxygen atoms in total. The molecule has 112 valence electrons. The van der Waals surface area contributed by atoms with Crippen molar-refractivity contribution in [3.8, 4) is 0 Å². The largest absolute Gasteiger partial charge is 0.385 e. The molecule has 0 aromatic rings. The molecule has 5 heteroatoms. The van der Waals surface area contributed by atoms with Crippen LogP contribution in [0.3, 0.4) is 0 Å². The molecule has 1 rings (SSSR count). The van der Waals surface area contributed by atoms with Gasteiger partial charge in [-0.25, -0.2) is 0 Å².